The summed E-state index contributed by atoms with van der Waals surface area (Å²) in [6.45, 7) is 3.48. The van der Waals surface area contributed by atoms with Gasteiger partial charge in [-0.1, -0.05) is 13.8 Å². The first-order valence-corrected chi connectivity index (χ1v) is 3.94. The van der Waals surface area contributed by atoms with Crippen LogP contribution in [0.2, 0.25) is 0 Å². The first kappa shape index (κ1) is 9.11. The van der Waals surface area contributed by atoms with Crippen LogP contribution in [0.1, 0.15) is 13.8 Å². The predicted octanol–water partition coefficient (Wildman–Crippen LogP) is 0.710. The lowest BCUT2D eigenvalue weighted by Crippen LogP contribution is -1.97. The third-order valence-corrected chi connectivity index (χ3v) is 0.987. The molecule has 0 aliphatic heterocycles. The zero-order valence-corrected chi connectivity index (χ0v) is 6.26. The molecule has 1 radical (unpaired) electrons. The molecule has 0 unspecified atom stereocenters. The lowest BCUT2D eigenvalue weighted by molar-refractivity contribution is 0.204. The molecule has 0 spiro atoms. The maximum atomic E-state index is 9.99. The summed E-state index contributed by atoms with van der Waals surface area (Å²) in [5, 5.41) is 0. The molecule has 0 atom stereocenters. The van der Waals surface area contributed by atoms with E-state index in [1.165, 1.54) is 0 Å². The maximum absolute atomic E-state index is 9.99. The van der Waals surface area contributed by atoms with Crippen molar-refractivity contribution in [3.63, 3.8) is 0 Å². The highest BCUT2D eigenvalue weighted by molar-refractivity contribution is 7.46. The summed E-state index contributed by atoms with van der Waals surface area (Å²) in [5.41, 5.74) is 0. The van der Waals surface area contributed by atoms with E-state index in [4.69, 9.17) is 9.79 Å². The first-order valence-electron chi connectivity index (χ1n) is 2.41. The van der Waals surface area contributed by atoms with E-state index in [0.717, 1.165) is 5.92 Å². The van der Waals surface area contributed by atoms with Crippen molar-refractivity contribution in [1.29, 1.82) is 0 Å². The highest BCUT2D eigenvalue weighted by atomic mass is 31.2. The summed E-state index contributed by atoms with van der Waals surface area (Å²) in [5.74, 6) is 0.832. The third kappa shape index (κ3) is 8.11. The zero-order chi connectivity index (χ0) is 7.49. The van der Waals surface area contributed by atoms with Crippen molar-refractivity contribution in [2.24, 2.45) is 0 Å². The topological polar surface area (TPSA) is 66.8 Å². The van der Waals surface area contributed by atoms with Gasteiger partial charge in [-0.15, -0.1) is 0 Å². The van der Waals surface area contributed by atoms with E-state index >= 15 is 0 Å². The predicted molar refractivity (Wildman–Crippen MR) is 32.6 cm³/mol. The molecule has 0 amide bonds. The molecule has 5 heteroatoms. The second kappa shape index (κ2) is 3.32. The molecule has 0 aromatic heterocycles. The van der Waals surface area contributed by atoms with Gasteiger partial charge in [0.1, 0.15) is 0 Å². The van der Waals surface area contributed by atoms with Gasteiger partial charge in [-0.25, -0.2) is 4.57 Å². The van der Waals surface area contributed by atoms with Gasteiger partial charge >= 0.3 is 7.82 Å². The lowest BCUT2D eigenvalue weighted by Gasteiger charge is -2.05. The van der Waals surface area contributed by atoms with Crippen molar-refractivity contribution in [3.05, 3.63) is 5.92 Å². The van der Waals surface area contributed by atoms with Crippen LogP contribution in [0.5, 0.6) is 0 Å². The Morgan fingerprint density at radius 1 is 1.56 bits per heavy atom. The van der Waals surface area contributed by atoms with Crippen LogP contribution < -0.4 is 0 Å². The van der Waals surface area contributed by atoms with Crippen molar-refractivity contribution in [1.82, 2.24) is 0 Å². The Hall–Kier alpha value is 0.110. The summed E-state index contributed by atoms with van der Waals surface area (Å²) in [4.78, 5) is 16.3. The van der Waals surface area contributed by atoms with Gasteiger partial charge in [0.05, 0.1) is 6.61 Å². The Morgan fingerprint density at radius 2 is 2.00 bits per heavy atom. The summed E-state index contributed by atoms with van der Waals surface area (Å²) < 4.78 is 14.1. The fourth-order valence-corrected chi connectivity index (χ4v) is 0.640. The van der Waals surface area contributed by atoms with Crippen molar-refractivity contribution in [3.8, 4) is 0 Å². The van der Waals surface area contributed by atoms with Crippen LogP contribution in [0.4, 0.5) is 0 Å². The highest BCUT2D eigenvalue weighted by Gasteiger charge is 2.13. The summed E-state index contributed by atoms with van der Waals surface area (Å²) >= 11 is 0. The third-order valence-electron chi connectivity index (χ3n) is 0.521. The van der Waals surface area contributed by atoms with Gasteiger partial charge < -0.3 is 9.79 Å². The van der Waals surface area contributed by atoms with E-state index in [1.54, 1.807) is 13.8 Å². The Kier molecular flexibility index (Phi) is 3.36. The number of hydrogen-bond donors (Lipinski definition) is 2. The van der Waals surface area contributed by atoms with Gasteiger partial charge in [0.25, 0.3) is 0 Å². The van der Waals surface area contributed by atoms with Crippen molar-refractivity contribution in [2.75, 3.05) is 6.61 Å². The van der Waals surface area contributed by atoms with E-state index in [9.17, 15) is 4.57 Å². The van der Waals surface area contributed by atoms with Crippen LogP contribution >= 0.6 is 7.82 Å². The Balaban J connectivity index is 3.40. The molecule has 9 heavy (non-hydrogen) atoms. The Labute approximate surface area is 54.1 Å². The summed E-state index contributed by atoms with van der Waals surface area (Å²) in [7, 11) is -4.24. The van der Waals surface area contributed by atoms with E-state index in [2.05, 4.69) is 4.52 Å². The molecule has 0 aromatic carbocycles. The fourth-order valence-electron chi connectivity index (χ4n) is 0.213. The molecular weight excluding hydrogens is 143 g/mol. The van der Waals surface area contributed by atoms with Crippen LogP contribution in [-0.2, 0) is 9.09 Å². The second-order valence-corrected chi connectivity index (χ2v) is 3.21. The molecule has 0 bridgehead atoms. The fraction of sp³-hybridized carbons (Fsp3) is 0.750. The molecule has 0 saturated heterocycles. The maximum Gasteiger partial charge on any atom is 0.469 e. The molecule has 55 valence electrons. The number of rotatable bonds is 3. The average Bonchev–Trinajstić information content (AvgIpc) is 1.59. The molecule has 0 aliphatic carbocycles. The summed E-state index contributed by atoms with van der Waals surface area (Å²) in [6.07, 6.45) is 0. The number of hydrogen-bond acceptors (Lipinski definition) is 2. The standard InChI is InChI=1S/C4H10O4P/c1-4(2)3-8-9(5,6)7/h3H2,1-2H3,(H2,5,6,7). The normalized spacial score (nSPS) is 12.6. The van der Waals surface area contributed by atoms with Gasteiger partial charge in [0.2, 0.25) is 0 Å². The molecule has 4 nitrogen and oxygen atoms in total. The van der Waals surface area contributed by atoms with Crippen molar-refractivity contribution >= 4 is 7.82 Å². The Morgan fingerprint density at radius 3 is 2.11 bits per heavy atom. The minimum Gasteiger partial charge on any atom is -0.303 e. The minimum atomic E-state index is -4.24. The SMILES string of the molecule is C[C](C)COP(=O)(O)O. The van der Waals surface area contributed by atoms with Crippen LogP contribution in [0, 0.1) is 5.92 Å². The van der Waals surface area contributed by atoms with Crippen LogP contribution in [0.25, 0.3) is 0 Å². The second-order valence-electron chi connectivity index (χ2n) is 1.97. The lowest BCUT2D eigenvalue weighted by atomic mass is 10.2. The van der Waals surface area contributed by atoms with E-state index in [0.29, 0.717) is 0 Å². The van der Waals surface area contributed by atoms with Gasteiger partial charge in [-0.05, 0) is 5.92 Å². The molecule has 0 saturated carbocycles. The number of phosphoric acid groups is 1. The van der Waals surface area contributed by atoms with Gasteiger partial charge in [-0.2, -0.15) is 0 Å². The average molecular weight is 153 g/mol. The molecule has 0 aliphatic rings. The van der Waals surface area contributed by atoms with Crippen LogP contribution in [0.15, 0.2) is 0 Å². The Bertz CT molecular complexity index is 116. The van der Waals surface area contributed by atoms with Gasteiger partial charge in [-0.3, -0.25) is 4.52 Å². The molecule has 0 heterocycles. The van der Waals surface area contributed by atoms with E-state index < -0.39 is 7.82 Å². The van der Waals surface area contributed by atoms with Gasteiger partial charge in [0, 0.05) is 0 Å². The van der Waals surface area contributed by atoms with Crippen molar-refractivity contribution in [2.45, 2.75) is 13.8 Å². The molecule has 0 aromatic rings. The van der Waals surface area contributed by atoms with E-state index in [-0.39, 0.29) is 6.61 Å². The molecular formula is C4H10O4P. The smallest absolute Gasteiger partial charge is 0.303 e. The molecule has 2 N–H and O–H groups in total. The zero-order valence-electron chi connectivity index (χ0n) is 5.37. The quantitative estimate of drug-likeness (QED) is 0.586. The minimum absolute atomic E-state index is 0.0181. The van der Waals surface area contributed by atoms with Gasteiger partial charge in [0.15, 0.2) is 0 Å². The first-order chi connectivity index (χ1) is 3.92. The monoisotopic (exact) mass is 153 g/mol. The van der Waals surface area contributed by atoms with Crippen molar-refractivity contribution < 1.29 is 18.9 Å². The largest absolute Gasteiger partial charge is 0.469 e. The highest BCUT2D eigenvalue weighted by Crippen LogP contribution is 2.36. The van der Waals surface area contributed by atoms with Crippen LogP contribution in [0.3, 0.4) is 0 Å². The molecule has 0 rings (SSSR count). The summed E-state index contributed by atoms with van der Waals surface area (Å²) in [6, 6.07) is 0. The number of phosphoric ester groups is 1. The molecule has 0 fully saturated rings. The van der Waals surface area contributed by atoms with E-state index in [1.807, 2.05) is 0 Å². The van der Waals surface area contributed by atoms with Crippen LogP contribution in [-0.4, -0.2) is 16.4 Å².